The Morgan fingerprint density at radius 2 is 2.22 bits per heavy atom. The van der Waals surface area contributed by atoms with Gasteiger partial charge in [0.15, 0.2) is 17.6 Å². The lowest BCUT2D eigenvalue weighted by Crippen LogP contribution is -2.42. The van der Waals surface area contributed by atoms with E-state index >= 15 is 0 Å². The van der Waals surface area contributed by atoms with E-state index in [0.29, 0.717) is 28.2 Å². The van der Waals surface area contributed by atoms with Crippen LogP contribution in [0.4, 0.5) is 5.82 Å². The Bertz CT molecular complexity index is 1310. The van der Waals surface area contributed by atoms with Crippen LogP contribution in [0.3, 0.4) is 0 Å². The number of aromatic amines is 1. The van der Waals surface area contributed by atoms with E-state index in [0.717, 1.165) is 11.0 Å². The summed E-state index contributed by atoms with van der Waals surface area (Å²) in [6.07, 6.45) is 1.42. The molecule has 0 atom stereocenters. The molecule has 0 unspecified atom stereocenters. The summed E-state index contributed by atoms with van der Waals surface area (Å²) >= 11 is 3.21. The number of imidazole rings is 1. The molecule has 0 aliphatic carbocycles. The molecule has 32 heavy (non-hydrogen) atoms. The van der Waals surface area contributed by atoms with Gasteiger partial charge in [-0.05, 0) is 47.1 Å². The van der Waals surface area contributed by atoms with Crippen molar-refractivity contribution in [2.75, 3.05) is 12.3 Å². The second-order valence-electron chi connectivity index (χ2n) is 6.63. The summed E-state index contributed by atoms with van der Waals surface area (Å²) in [5.41, 5.74) is 10.7. The lowest BCUT2D eigenvalue weighted by molar-refractivity contribution is -0.647. The van der Waals surface area contributed by atoms with Gasteiger partial charge >= 0.3 is 5.82 Å². The molecule has 0 aliphatic rings. The zero-order chi connectivity index (χ0) is 22.7. The average Bonchev–Trinajstić information content (AvgIpc) is 3.35. The summed E-state index contributed by atoms with van der Waals surface area (Å²) in [4.78, 5) is 15.8. The van der Waals surface area contributed by atoms with Crippen molar-refractivity contribution < 1.29 is 23.8 Å². The molecule has 12 heteroatoms. The van der Waals surface area contributed by atoms with Gasteiger partial charge in [0, 0.05) is 4.47 Å². The number of hydrazone groups is 1. The lowest BCUT2D eigenvalue weighted by Gasteiger charge is -2.16. The monoisotopic (exact) mass is 499 g/mol. The molecule has 4 rings (SSSR count). The number of amides is 1. The van der Waals surface area contributed by atoms with Crippen LogP contribution < -0.4 is 25.6 Å². The highest BCUT2D eigenvalue weighted by molar-refractivity contribution is 9.10. The van der Waals surface area contributed by atoms with Crippen LogP contribution in [0, 0.1) is 0 Å². The van der Waals surface area contributed by atoms with Crippen LogP contribution in [0.25, 0.3) is 22.6 Å². The van der Waals surface area contributed by atoms with Crippen molar-refractivity contribution in [3.63, 3.8) is 0 Å². The van der Waals surface area contributed by atoms with Gasteiger partial charge in [-0.1, -0.05) is 33.8 Å². The highest BCUT2D eigenvalue weighted by Crippen LogP contribution is 2.32. The van der Waals surface area contributed by atoms with Gasteiger partial charge in [0.2, 0.25) is 11.5 Å². The molecule has 0 aliphatic heterocycles. The summed E-state index contributed by atoms with van der Waals surface area (Å²) in [5, 5.41) is 23.4. The minimum Gasteiger partial charge on any atom is -0.869 e. The van der Waals surface area contributed by atoms with E-state index in [1.54, 1.807) is 23.6 Å². The van der Waals surface area contributed by atoms with Crippen LogP contribution in [0.1, 0.15) is 12.5 Å². The number of halogens is 1. The first kappa shape index (κ1) is 21.3. The van der Waals surface area contributed by atoms with Gasteiger partial charge in [0.25, 0.3) is 5.91 Å². The van der Waals surface area contributed by atoms with Gasteiger partial charge in [0.05, 0.1) is 12.8 Å². The van der Waals surface area contributed by atoms with Crippen LogP contribution >= 0.6 is 15.9 Å². The molecule has 0 radical (unpaired) electrons. The van der Waals surface area contributed by atoms with Crippen molar-refractivity contribution >= 4 is 44.9 Å². The number of H-pyrrole nitrogens is 1. The van der Waals surface area contributed by atoms with Gasteiger partial charge in [-0.3, -0.25) is 4.79 Å². The van der Waals surface area contributed by atoms with E-state index in [9.17, 15) is 9.90 Å². The molecule has 0 bridgehead atoms. The minimum atomic E-state index is -0.392. The summed E-state index contributed by atoms with van der Waals surface area (Å²) in [7, 11) is 0. The van der Waals surface area contributed by atoms with Crippen LogP contribution in [0.2, 0.25) is 0 Å². The smallest absolute Gasteiger partial charge is 0.314 e. The minimum absolute atomic E-state index is 0.0730. The average molecular weight is 500 g/mol. The van der Waals surface area contributed by atoms with Crippen molar-refractivity contribution in [2.45, 2.75) is 13.5 Å². The van der Waals surface area contributed by atoms with Gasteiger partial charge in [0.1, 0.15) is 5.75 Å². The van der Waals surface area contributed by atoms with Crippen molar-refractivity contribution in [1.29, 1.82) is 0 Å². The quantitative estimate of drug-likeness (QED) is 0.197. The maximum atomic E-state index is 12.6. The molecule has 164 valence electrons. The molecule has 0 saturated carbocycles. The molecule has 2 heterocycles. The number of fused-ring (bicyclic) bond motifs is 1. The number of nitrogen functional groups attached to an aromatic ring is 1. The third kappa shape index (κ3) is 4.25. The first-order valence-electron chi connectivity index (χ1n) is 9.52. The van der Waals surface area contributed by atoms with Crippen molar-refractivity contribution in [3.05, 3.63) is 46.4 Å². The van der Waals surface area contributed by atoms with Crippen LogP contribution in [-0.4, -0.2) is 34.0 Å². The molecular formula is C20H18BrN7O4. The maximum absolute atomic E-state index is 12.6. The third-order valence-corrected chi connectivity index (χ3v) is 5.08. The predicted molar refractivity (Wildman–Crippen MR) is 117 cm³/mol. The van der Waals surface area contributed by atoms with Crippen LogP contribution in [0.5, 0.6) is 11.5 Å². The Labute approximate surface area is 190 Å². The topological polar surface area (TPSA) is 158 Å². The number of aromatic nitrogens is 4. The van der Waals surface area contributed by atoms with Crippen LogP contribution in [-0.2, 0) is 11.3 Å². The second-order valence-corrected chi connectivity index (χ2v) is 7.49. The number of para-hydroxylation sites is 2. The molecule has 2 aromatic heterocycles. The number of anilines is 1. The predicted octanol–water partition coefficient (Wildman–Crippen LogP) is 1.47. The number of carbonyl (C=O) groups excluding carboxylic acids is 1. The first-order chi connectivity index (χ1) is 15.5. The number of nitrogens with two attached hydrogens (primary N) is 1. The number of nitrogens with zero attached hydrogens (tertiary/aromatic N) is 4. The Morgan fingerprint density at radius 1 is 1.41 bits per heavy atom. The third-order valence-electron chi connectivity index (χ3n) is 4.49. The van der Waals surface area contributed by atoms with Crippen LogP contribution in [0.15, 0.2) is 50.6 Å². The molecule has 4 N–H and O–H groups in total. The number of ether oxygens (including phenoxy) is 1. The van der Waals surface area contributed by atoms with Crippen molar-refractivity contribution in [1.82, 2.24) is 20.7 Å². The summed E-state index contributed by atoms with van der Waals surface area (Å²) < 4.78 is 12.1. The van der Waals surface area contributed by atoms with E-state index in [1.807, 2.05) is 24.3 Å². The summed E-state index contributed by atoms with van der Waals surface area (Å²) in [5.74, 6) is 0.129. The van der Waals surface area contributed by atoms with Gasteiger partial charge in [-0.15, -0.1) is 0 Å². The van der Waals surface area contributed by atoms with E-state index in [-0.39, 0.29) is 23.9 Å². The number of rotatable bonds is 7. The molecule has 11 nitrogen and oxygen atoms in total. The van der Waals surface area contributed by atoms with E-state index in [4.69, 9.17) is 15.1 Å². The molecule has 2 aromatic carbocycles. The van der Waals surface area contributed by atoms with Gasteiger partial charge in [-0.25, -0.2) is 19.6 Å². The number of hydrogen-bond donors (Lipinski definition) is 3. The molecule has 0 fully saturated rings. The fourth-order valence-electron chi connectivity index (χ4n) is 3.12. The first-order valence-corrected chi connectivity index (χ1v) is 10.3. The fraction of sp³-hybridized carbons (Fsp3) is 0.150. The zero-order valence-electron chi connectivity index (χ0n) is 16.8. The number of carbonyl (C=O) groups is 1. The van der Waals surface area contributed by atoms with Gasteiger partial charge < -0.3 is 15.6 Å². The molecule has 0 saturated heterocycles. The summed E-state index contributed by atoms with van der Waals surface area (Å²) in [6.45, 7) is 2.07. The highest BCUT2D eigenvalue weighted by atomic mass is 79.9. The normalized spacial score (nSPS) is 11.3. The number of hydrogen-bond acceptors (Lipinski definition) is 8. The molecular weight excluding hydrogens is 482 g/mol. The molecule has 1 amide bonds. The Morgan fingerprint density at radius 3 is 2.97 bits per heavy atom. The fourth-order valence-corrected chi connectivity index (χ4v) is 3.58. The Balaban J connectivity index is 1.55. The largest absolute Gasteiger partial charge is 0.869 e. The highest BCUT2D eigenvalue weighted by Gasteiger charge is 2.27. The van der Waals surface area contributed by atoms with E-state index < -0.39 is 5.91 Å². The van der Waals surface area contributed by atoms with E-state index in [1.165, 1.54) is 6.21 Å². The standard InChI is InChI=1S/C20H18BrN7O4/c1-2-31-15-8-11(7-12(21)18(15)30)9-23-25-16(29)10-28-14-6-4-3-5-13(14)24-20(28)17-19(22)27-32-26-17/h3-9H,2,10H2,1H3,(H4,22,23,24,25,26,27,29,30). The van der Waals surface area contributed by atoms with Crippen molar-refractivity contribution in [2.24, 2.45) is 5.10 Å². The van der Waals surface area contributed by atoms with Crippen molar-refractivity contribution in [3.8, 4) is 23.0 Å². The Hall–Kier alpha value is -3.93. The maximum Gasteiger partial charge on any atom is 0.314 e. The second kappa shape index (κ2) is 9.06. The molecule has 0 spiro atoms. The SMILES string of the molecule is CCOc1cc(/C=N/NC(=O)C[n+]2c(-c3nonc3N)[nH]c3ccccc32)cc(Br)c1[O-]. The van der Waals surface area contributed by atoms with Gasteiger partial charge in [-0.2, -0.15) is 5.10 Å². The molecule has 4 aromatic rings. The number of benzene rings is 2. The van der Waals surface area contributed by atoms with E-state index in [2.05, 4.69) is 41.8 Å². The zero-order valence-corrected chi connectivity index (χ0v) is 18.4. The number of nitrogens with one attached hydrogen (secondary N) is 2. The summed E-state index contributed by atoms with van der Waals surface area (Å²) in [6, 6.07) is 10.6. The Kier molecular flexibility index (Phi) is 6.03. The lowest BCUT2D eigenvalue weighted by atomic mass is 10.2.